The van der Waals surface area contributed by atoms with Gasteiger partial charge in [0.15, 0.2) is 0 Å². The Morgan fingerprint density at radius 3 is 2.53 bits per heavy atom. The molecule has 0 aliphatic carbocycles. The Balaban J connectivity index is 2.19. The molecule has 1 saturated heterocycles. The van der Waals surface area contributed by atoms with Gasteiger partial charge < -0.3 is 10.6 Å². The van der Waals surface area contributed by atoms with Gasteiger partial charge in [0.1, 0.15) is 4.99 Å². The van der Waals surface area contributed by atoms with E-state index in [9.17, 15) is 0 Å². The summed E-state index contributed by atoms with van der Waals surface area (Å²) >= 11 is 4.93. The lowest BCUT2D eigenvalue weighted by Gasteiger charge is -2.23. The van der Waals surface area contributed by atoms with E-state index in [2.05, 4.69) is 24.0 Å². The van der Waals surface area contributed by atoms with Gasteiger partial charge in [-0.25, -0.2) is 0 Å². The largest absolute Gasteiger partial charge is 0.389 e. The molecule has 2 N–H and O–H groups in total. The van der Waals surface area contributed by atoms with Crippen molar-refractivity contribution in [2.24, 2.45) is 5.73 Å². The maximum absolute atomic E-state index is 5.56. The second kappa shape index (κ2) is 4.19. The summed E-state index contributed by atoms with van der Waals surface area (Å²) in [6.07, 6.45) is 2.58. The highest BCUT2D eigenvalue weighted by Crippen LogP contribution is 2.25. The van der Waals surface area contributed by atoms with Gasteiger partial charge in [0, 0.05) is 23.8 Å². The van der Waals surface area contributed by atoms with Gasteiger partial charge in [-0.05, 0) is 44.0 Å². The zero-order valence-electron chi connectivity index (χ0n) is 8.94. The number of nitrogens with zero attached hydrogens (tertiary/aromatic N) is 1. The van der Waals surface area contributed by atoms with Crippen LogP contribution in [0.3, 0.4) is 0 Å². The Kier molecular flexibility index (Phi) is 2.91. The van der Waals surface area contributed by atoms with Crippen LogP contribution in [0.2, 0.25) is 0 Å². The Labute approximate surface area is 96.1 Å². The number of hydrogen-bond acceptors (Lipinski definition) is 2. The smallest absolute Gasteiger partial charge is 0.103 e. The van der Waals surface area contributed by atoms with Crippen LogP contribution >= 0.6 is 12.2 Å². The van der Waals surface area contributed by atoms with Crippen LogP contribution in [0.25, 0.3) is 0 Å². The molecule has 0 spiro atoms. The summed E-state index contributed by atoms with van der Waals surface area (Å²) < 4.78 is 0. The number of anilines is 1. The van der Waals surface area contributed by atoms with Crippen molar-refractivity contribution >= 4 is 22.9 Å². The number of rotatable bonds is 2. The molecule has 2 rings (SSSR count). The zero-order chi connectivity index (χ0) is 10.8. The monoisotopic (exact) mass is 220 g/mol. The van der Waals surface area contributed by atoms with Crippen LogP contribution in [0, 0.1) is 0 Å². The fraction of sp³-hybridized carbons (Fsp3) is 0.417. The summed E-state index contributed by atoms with van der Waals surface area (Å²) in [5.74, 6) is 0. The number of nitrogens with two attached hydrogens (primary N) is 1. The van der Waals surface area contributed by atoms with Gasteiger partial charge in [-0.15, -0.1) is 0 Å². The van der Waals surface area contributed by atoms with Gasteiger partial charge in [-0.3, -0.25) is 0 Å². The van der Waals surface area contributed by atoms with Crippen molar-refractivity contribution in [3.8, 4) is 0 Å². The first-order valence-electron chi connectivity index (χ1n) is 5.35. The molecule has 0 aromatic heterocycles. The van der Waals surface area contributed by atoms with Gasteiger partial charge in [0.25, 0.3) is 0 Å². The molecule has 0 bridgehead atoms. The number of hydrogen-bond donors (Lipinski definition) is 1. The molecule has 1 aliphatic rings. The first kappa shape index (κ1) is 10.4. The topological polar surface area (TPSA) is 29.3 Å². The van der Waals surface area contributed by atoms with Crippen molar-refractivity contribution < 1.29 is 0 Å². The molecule has 1 aliphatic heterocycles. The molecule has 0 saturated carbocycles. The third-order valence-electron chi connectivity index (χ3n) is 3.04. The standard InChI is InChI=1S/C12H16N2S/c1-9-3-2-8-14(9)11-6-4-10(5-7-11)12(13)15/h4-7,9H,2-3,8H2,1H3,(H2,13,15). The van der Waals surface area contributed by atoms with Crippen LogP contribution in [0.4, 0.5) is 5.69 Å². The predicted molar refractivity (Wildman–Crippen MR) is 68.4 cm³/mol. The number of benzene rings is 1. The maximum Gasteiger partial charge on any atom is 0.103 e. The van der Waals surface area contributed by atoms with Gasteiger partial charge >= 0.3 is 0 Å². The van der Waals surface area contributed by atoms with Crippen LogP contribution < -0.4 is 10.6 Å². The molecule has 1 aromatic carbocycles. The van der Waals surface area contributed by atoms with E-state index in [0.717, 1.165) is 12.1 Å². The van der Waals surface area contributed by atoms with E-state index in [0.29, 0.717) is 11.0 Å². The Hall–Kier alpha value is -1.09. The van der Waals surface area contributed by atoms with Crippen LogP contribution in [0.1, 0.15) is 25.3 Å². The average Bonchev–Trinajstić information content (AvgIpc) is 2.65. The van der Waals surface area contributed by atoms with E-state index < -0.39 is 0 Å². The summed E-state index contributed by atoms with van der Waals surface area (Å²) in [4.78, 5) is 2.90. The minimum atomic E-state index is 0.469. The molecule has 3 heteroatoms. The normalized spacial score (nSPS) is 20.6. The van der Waals surface area contributed by atoms with Crippen LogP contribution in [0.15, 0.2) is 24.3 Å². The molecule has 1 heterocycles. The van der Waals surface area contributed by atoms with E-state index in [4.69, 9.17) is 18.0 Å². The lowest BCUT2D eigenvalue weighted by atomic mass is 10.2. The second-order valence-corrected chi connectivity index (χ2v) is 4.54. The molecule has 1 aromatic rings. The summed E-state index contributed by atoms with van der Waals surface area (Å²) in [5.41, 5.74) is 7.79. The lowest BCUT2D eigenvalue weighted by Crippen LogP contribution is -2.26. The van der Waals surface area contributed by atoms with Gasteiger partial charge in [0.05, 0.1) is 0 Å². The highest BCUT2D eigenvalue weighted by Gasteiger charge is 2.20. The molecule has 1 unspecified atom stereocenters. The Bertz CT molecular complexity index is 358. The van der Waals surface area contributed by atoms with Crippen LogP contribution in [-0.4, -0.2) is 17.6 Å². The summed E-state index contributed by atoms with van der Waals surface area (Å²) in [6.45, 7) is 3.43. The van der Waals surface area contributed by atoms with E-state index >= 15 is 0 Å². The first-order valence-corrected chi connectivity index (χ1v) is 5.76. The third-order valence-corrected chi connectivity index (χ3v) is 3.27. The summed E-state index contributed by atoms with van der Waals surface area (Å²) in [5, 5.41) is 0. The van der Waals surface area contributed by atoms with Crippen molar-refractivity contribution in [3.63, 3.8) is 0 Å². The molecular formula is C12H16N2S. The van der Waals surface area contributed by atoms with E-state index in [1.54, 1.807) is 0 Å². The molecule has 80 valence electrons. The Morgan fingerprint density at radius 2 is 2.07 bits per heavy atom. The van der Waals surface area contributed by atoms with E-state index in [1.807, 2.05) is 12.1 Å². The van der Waals surface area contributed by atoms with E-state index in [-0.39, 0.29) is 0 Å². The molecule has 1 fully saturated rings. The lowest BCUT2D eigenvalue weighted by molar-refractivity contribution is 0.735. The minimum Gasteiger partial charge on any atom is -0.389 e. The van der Waals surface area contributed by atoms with Crippen molar-refractivity contribution in [3.05, 3.63) is 29.8 Å². The minimum absolute atomic E-state index is 0.469. The zero-order valence-corrected chi connectivity index (χ0v) is 9.76. The SMILES string of the molecule is CC1CCCN1c1ccc(C(N)=S)cc1. The summed E-state index contributed by atoms with van der Waals surface area (Å²) in [6, 6.07) is 8.87. The van der Waals surface area contributed by atoms with Crippen molar-refractivity contribution in [2.75, 3.05) is 11.4 Å². The van der Waals surface area contributed by atoms with E-state index in [1.165, 1.54) is 18.5 Å². The molecule has 2 nitrogen and oxygen atoms in total. The first-order chi connectivity index (χ1) is 7.18. The molecule has 15 heavy (non-hydrogen) atoms. The highest BCUT2D eigenvalue weighted by atomic mass is 32.1. The van der Waals surface area contributed by atoms with Gasteiger partial charge in [-0.2, -0.15) is 0 Å². The van der Waals surface area contributed by atoms with Crippen molar-refractivity contribution in [2.45, 2.75) is 25.8 Å². The van der Waals surface area contributed by atoms with Crippen molar-refractivity contribution in [1.82, 2.24) is 0 Å². The van der Waals surface area contributed by atoms with Gasteiger partial charge in [0.2, 0.25) is 0 Å². The quantitative estimate of drug-likeness (QED) is 0.776. The molecule has 1 atom stereocenters. The van der Waals surface area contributed by atoms with Crippen LogP contribution in [-0.2, 0) is 0 Å². The van der Waals surface area contributed by atoms with Crippen molar-refractivity contribution in [1.29, 1.82) is 0 Å². The highest BCUT2D eigenvalue weighted by molar-refractivity contribution is 7.80. The molecule has 0 amide bonds. The van der Waals surface area contributed by atoms with Crippen LogP contribution in [0.5, 0.6) is 0 Å². The summed E-state index contributed by atoms with van der Waals surface area (Å²) in [7, 11) is 0. The van der Waals surface area contributed by atoms with Gasteiger partial charge in [-0.1, -0.05) is 12.2 Å². The Morgan fingerprint density at radius 1 is 1.40 bits per heavy atom. The fourth-order valence-corrected chi connectivity index (χ4v) is 2.27. The fourth-order valence-electron chi connectivity index (χ4n) is 2.13. The molecular weight excluding hydrogens is 204 g/mol. The second-order valence-electron chi connectivity index (χ2n) is 4.10. The number of thiocarbonyl (C=S) groups is 1. The molecule has 0 radical (unpaired) electrons. The average molecular weight is 220 g/mol. The predicted octanol–water partition coefficient (Wildman–Crippen LogP) is 2.31. The maximum atomic E-state index is 5.56. The third kappa shape index (κ3) is 2.12.